The fourth-order valence-corrected chi connectivity index (χ4v) is 3.91. The van der Waals surface area contributed by atoms with Crippen LogP contribution in [0.3, 0.4) is 0 Å². The molecule has 3 aromatic rings. The second-order valence-corrected chi connectivity index (χ2v) is 8.94. The molecule has 6 nitrogen and oxygen atoms in total. The fourth-order valence-electron chi connectivity index (χ4n) is 3.91. The van der Waals surface area contributed by atoms with Crippen LogP contribution in [0.1, 0.15) is 22.6 Å². The molecule has 0 spiro atoms. The van der Waals surface area contributed by atoms with Crippen molar-refractivity contribution in [3.05, 3.63) is 89.5 Å². The third-order valence-electron chi connectivity index (χ3n) is 6.16. The second-order valence-electron chi connectivity index (χ2n) is 8.94. The largest absolute Gasteiger partial charge is 0.491 e. The van der Waals surface area contributed by atoms with E-state index >= 15 is 0 Å². The Morgan fingerprint density at radius 3 is 1.00 bits per heavy atom. The summed E-state index contributed by atoms with van der Waals surface area (Å²) < 4.78 is 33.2. The van der Waals surface area contributed by atoms with Crippen LogP contribution in [0, 0.1) is 0 Å². The van der Waals surface area contributed by atoms with Gasteiger partial charge in [0, 0.05) is 5.92 Å². The van der Waals surface area contributed by atoms with E-state index in [4.69, 9.17) is 28.4 Å². The number of epoxide rings is 3. The highest BCUT2D eigenvalue weighted by atomic mass is 16.6. The summed E-state index contributed by atoms with van der Waals surface area (Å²) in [6.45, 7) is 4.18. The lowest BCUT2D eigenvalue weighted by molar-refractivity contribution is 0.263. The van der Waals surface area contributed by atoms with Crippen LogP contribution >= 0.6 is 0 Å². The molecule has 3 unspecified atom stereocenters. The first-order valence-corrected chi connectivity index (χ1v) is 11.8. The maximum atomic E-state index is 5.83. The highest BCUT2D eigenvalue weighted by Crippen LogP contribution is 2.35. The molecule has 0 N–H and O–H groups in total. The van der Waals surface area contributed by atoms with Crippen LogP contribution < -0.4 is 14.2 Å². The van der Waals surface area contributed by atoms with Crippen LogP contribution in [-0.4, -0.2) is 58.0 Å². The Labute approximate surface area is 199 Å². The molecule has 3 saturated heterocycles. The van der Waals surface area contributed by atoms with Crippen LogP contribution in [0.15, 0.2) is 72.8 Å². The molecule has 0 bridgehead atoms. The summed E-state index contributed by atoms with van der Waals surface area (Å²) in [5.74, 6) is 2.64. The molecule has 0 radical (unpaired) electrons. The molecule has 0 amide bonds. The Kier molecular flexibility index (Phi) is 6.10. The van der Waals surface area contributed by atoms with Crippen molar-refractivity contribution in [2.45, 2.75) is 24.2 Å². The zero-order valence-electron chi connectivity index (χ0n) is 18.9. The maximum absolute atomic E-state index is 5.83. The van der Waals surface area contributed by atoms with Crippen LogP contribution in [0.25, 0.3) is 0 Å². The number of ether oxygens (including phenoxy) is 6. The predicted molar refractivity (Wildman–Crippen MR) is 126 cm³/mol. The summed E-state index contributed by atoms with van der Waals surface area (Å²) in [5.41, 5.74) is 3.57. The molecule has 34 heavy (non-hydrogen) atoms. The smallest absolute Gasteiger partial charge is 0.119 e. The van der Waals surface area contributed by atoms with Crippen molar-refractivity contribution < 1.29 is 28.4 Å². The Bertz CT molecular complexity index is 926. The van der Waals surface area contributed by atoms with E-state index in [9.17, 15) is 0 Å². The van der Waals surface area contributed by atoms with Gasteiger partial charge in [-0.15, -0.1) is 0 Å². The van der Waals surface area contributed by atoms with Gasteiger partial charge in [0.05, 0.1) is 19.8 Å². The van der Waals surface area contributed by atoms with E-state index in [0.29, 0.717) is 19.8 Å². The Morgan fingerprint density at radius 2 is 0.765 bits per heavy atom. The first kappa shape index (κ1) is 21.5. The van der Waals surface area contributed by atoms with E-state index in [1.54, 1.807) is 0 Å². The highest BCUT2D eigenvalue weighted by molar-refractivity contribution is 5.46. The van der Waals surface area contributed by atoms with Gasteiger partial charge in [0.1, 0.15) is 55.4 Å². The van der Waals surface area contributed by atoms with Gasteiger partial charge in [-0.2, -0.15) is 0 Å². The number of hydrogen-bond donors (Lipinski definition) is 0. The predicted octanol–water partition coefficient (Wildman–Crippen LogP) is 4.20. The van der Waals surface area contributed by atoms with Gasteiger partial charge in [0.15, 0.2) is 0 Å². The highest BCUT2D eigenvalue weighted by Gasteiger charge is 2.25. The van der Waals surface area contributed by atoms with Crippen LogP contribution in [0.2, 0.25) is 0 Å². The van der Waals surface area contributed by atoms with E-state index in [2.05, 4.69) is 36.4 Å². The average Bonchev–Trinajstić information content (AvgIpc) is 3.73. The van der Waals surface area contributed by atoms with E-state index < -0.39 is 0 Å². The zero-order valence-corrected chi connectivity index (χ0v) is 18.9. The molecule has 3 aromatic carbocycles. The molecule has 3 fully saturated rings. The van der Waals surface area contributed by atoms with Crippen molar-refractivity contribution in [1.29, 1.82) is 0 Å². The van der Waals surface area contributed by atoms with E-state index in [1.165, 1.54) is 16.7 Å². The molecule has 3 atom stereocenters. The SMILES string of the molecule is c1cc(C(c2ccc(OCC3CO3)cc2)c2ccc(OCC3CO3)cc2)ccc1OCC1CO1. The van der Waals surface area contributed by atoms with Gasteiger partial charge < -0.3 is 28.4 Å². The lowest BCUT2D eigenvalue weighted by Crippen LogP contribution is -2.07. The minimum atomic E-state index is 0.0717. The van der Waals surface area contributed by atoms with Crippen molar-refractivity contribution in [1.82, 2.24) is 0 Å². The van der Waals surface area contributed by atoms with E-state index in [0.717, 1.165) is 37.1 Å². The summed E-state index contributed by atoms with van der Waals surface area (Å²) in [7, 11) is 0. The van der Waals surface area contributed by atoms with Crippen molar-refractivity contribution in [3.8, 4) is 17.2 Å². The number of hydrogen-bond acceptors (Lipinski definition) is 6. The fraction of sp³-hybridized carbons (Fsp3) is 0.357. The average molecular weight is 461 g/mol. The first-order chi connectivity index (χ1) is 16.8. The van der Waals surface area contributed by atoms with Crippen molar-refractivity contribution >= 4 is 0 Å². The molecular formula is C28H28O6. The standard InChI is InChI=1S/C28H28O6/c1-7-22(29-13-25-16-32-25)8-2-19(1)28(20-3-9-23(10-4-20)30-14-26-17-33-26)21-5-11-24(12-6-21)31-15-27-18-34-27/h1-12,25-28H,13-18H2. The second kappa shape index (κ2) is 9.66. The first-order valence-electron chi connectivity index (χ1n) is 11.8. The Hall–Kier alpha value is -3.06. The van der Waals surface area contributed by atoms with Crippen LogP contribution in [0.5, 0.6) is 17.2 Å². The molecule has 3 aliphatic rings. The number of benzene rings is 3. The molecule has 0 aromatic heterocycles. The van der Waals surface area contributed by atoms with Gasteiger partial charge in [-0.1, -0.05) is 36.4 Å². The molecule has 3 aliphatic heterocycles. The number of rotatable bonds is 12. The third-order valence-corrected chi connectivity index (χ3v) is 6.16. The van der Waals surface area contributed by atoms with E-state index in [-0.39, 0.29) is 24.2 Å². The monoisotopic (exact) mass is 460 g/mol. The molecular weight excluding hydrogens is 432 g/mol. The summed E-state index contributed by atoms with van der Waals surface area (Å²) in [4.78, 5) is 0. The lowest BCUT2D eigenvalue weighted by Gasteiger charge is -2.20. The third kappa shape index (κ3) is 5.70. The quantitative estimate of drug-likeness (QED) is 0.298. The van der Waals surface area contributed by atoms with Gasteiger partial charge in [0.2, 0.25) is 0 Å². The van der Waals surface area contributed by atoms with Crippen molar-refractivity contribution in [2.24, 2.45) is 0 Å². The van der Waals surface area contributed by atoms with Gasteiger partial charge >= 0.3 is 0 Å². The topological polar surface area (TPSA) is 65.3 Å². The minimum absolute atomic E-state index is 0.0717. The minimum Gasteiger partial charge on any atom is -0.491 e. The van der Waals surface area contributed by atoms with Crippen molar-refractivity contribution in [2.75, 3.05) is 39.6 Å². The van der Waals surface area contributed by atoms with Gasteiger partial charge in [-0.25, -0.2) is 0 Å². The maximum Gasteiger partial charge on any atom is 0.119 e. The van der Waals surface area contributed by atoms with Gasteiger partial charge in [-0.3, -0.25) is 0 Å². The summed E-state index contributed by atoms with van der Waals surface area (Å²) in [6, 6.07) is 25.0. The summed E-state index contributed by atoms with van der Waals surface area (Å²) in [5, 5.41) is 0. The molecule has 0 aliphatic carbocycles. The normalized spacial score (nSPS) is 23.1. The lowest BCUT2D eigenvalue weighted by atomic mass is 9.85. The van der Waals surface area contributed by atoms with Crippen molar-refractivity contribution in [3.63, 3.8) is 0 Å². The molecule has 0 saturated carbocycles. The van der Waals surface area contributed by atoms with Gasteiger partial charge in [-0.05, 0) is 53.1 Å². The zero-order chi connectivity index (χ0) is 22.7. The van der Waals surface area contributed by atoms with Crippen LogP contribution in [-0.2, 0) is 14.2 Å². The Balaban J connectivity index is 1.22. The summed E-state index contributed by atoms with van der Waals surface area (Å²) in [6.07, 6.45) is 0.727. The summed E-state index contributed by atoms with van der Waals surface area (Å²) >= 11 is 0. The Morgan fingerprint density at radius 1 is 0.500 bits per heavy atom. The van der Waals surface area contributed by atoms with Crippen LogP contribution in [0.4, 0.5) is 0 Å². The molecule has 3 heterocycles. The van der Waals surface area contributed by atoms with Gasteiger partial charge in [0.25, 0.3) is 0 Å². The molecule has 6 heteroatoms. The molecule has 6 rings (SSSR count). The molecule has 176 valence electrons. The van der Waals surface area contributed by atoms with E-state index in [1.807, 2.05) is 36.4 Å².